The summed E-state index contributed by atoms with van der Waals surface area (Å²) in [6.07, 6.45) is -1.57. The van der Waals surface area contributed by atoms with Gasteiger partial charge in [-0.25, -0.2) is 4.79 Å². The molecule has 1 rings (SSSR count). The van der Waals surface area contributed by atoms with Crippen molar-refractivity contribution < 1.29 is 27.1 Å². The van der Waals surface area contributed by atoms with Crippen molar-refractivity contribution in [1.82, 2.24) is 0 Å². The van der Waals surface area contributed by atoms with Crippen molar-refractivity contribution in [2.45, 2.75) is 31.3 Å². The number of carbonyl (C=O) groups excluding carboxylic acids is 1. The van der Waals surface area contributed by atoms with Gasteiger partial charge in [0.25, 0.3) is 10.1 Å². The van der Waals surface area contributed by atoms with Crippen LogP contribution in [0.4, 0.5) is 0 Å². The van der Waals surface area contributed by atoms with Gasteiger partial charge in [0.1, 0.15) is 0 Å². The molecular weight excluding hydrogens is 326 g/mol. The number of ether oxygens (including phenoxy) is 1. The van der Waals surface area contributed by atoms with Crippen LogP contribution in [-0.4, -0.2) is 39.1 Å². The van der Waals surface area contributed by atoms with Crippen LogP contribution in [0.5, 0.6) is 0 Å². The van der Waals surface area contributed by atoms with Crippen molar-refractivity contribution in [3.63, 3.8) is 0 Å². The van der Waals surface area contributed by atoms with Gasteiger partial charge in [-0.2, -0.15) is 8.42 Å². The van der Waals surface area contributed by atoms with Gasteiger partial charge in [0.05, 0.1) is 12.0 Å². The van der Waals surface area contributed by atoms with E-state index in [9.17, 15) is 23.3 Å². The number of esters is 1. The first kappa shape index (κ1) is 19.0. The fourth-order valence-electron chi connectivity index (χ4n) is 1.91. The summed E-state index contributed by atoms with van der Waals surface area (Å²) in [5.74, 6) is -1.45. The lowest BCUT2D eigenvalue weighted by Crippen LogP contribution is -2.31. The molecule has 0 radical (unpaired) electrons. The molecule has 0 aliphatic carbocycles. The smallest absolute Gasteiger partial charge is 0.336 e. The molecule has 0 amide bonds. The zero-order valence-electron chi connectivity index (χ0n) is 13.1. The van der Waals surface area contributed by atoms with Crippen molar-refractivity contribution in [2.24, 2.45) is 5.92 Å². The third-order valence-electron chi connectivity index (χ3n) is 3.09. The first-order valence-electron chi connectivity index (χ1n) is 6.85. The van der Waals surface area contributed by atoms with Gasteiger partial charge in [0, 0.05) is 10.8 Å². The zero-order valence-corrected chi connectivity index (χ0v) is 13.9. The van der Waals surface area contributed by atoms with Crippen molar-refractivity contribution in [2.75, 3.05) is 13.7 Å². The Balaban J connectivity index is 2.93. The van der Waals surface area contributed by atoms with Crippen LogP contribution in [-0.2, 0) is 23.8 Å². The number of benzene rings is 1. The van der Waals surface area contributed by atoms with E-state index in [0.29, 0.717) is 0 Å². The monoisotopic (exact) mass is 345 g/mol. The van der Waals surface area contributed by atoms with Crippen molar-refractivity contribution >= 4 is 16.1 Å². The van der Waals surface area contributed by atoms with Crippen LogP contribution < -0.4 is 0 Å². The van der Waals surface area contributed by atoms with Gasteiger partial charge in [0.15, 0.2) is 6.10 Å². The molecule has 8 nitrogen and oxygen atoms in total. The van der Waals surface area contributed by atoms with E-state index in [1.165, 1.54) is 19.1 Å². The highest BCUT2D eigenvalue weighted by molar-refractivity contribution is 7.86. The summed E-state index contributed by atoms with van der Waals surface area (Å²) in [6, 6.07) is 5.91. The molecule has 0 fully saturated rings. The Kier molecular flexibility index (Phi) is 6.64. The average Bonchev–Trinajstić information content (AvgIpc) is 2.45. The SMILES string of the molecule is COC(=O)[C@H](C[C@@H](C)C[N+](=O)[O-])OS(=O)(=O)c1ccc(C)cc1. The molecule has 0 saturated carbocycles. The highest BCUT2D eigenvalue weighted by Crippen LogP contribution is 2.19. The number of rotatable bonds is 8. The van der Waals surface area contributed by atoms with Gasteiger partial charge in [-0.15, -0.1) is 0 Å². The maximum absolute atomic E-state index is 12.2. The number of hydrogen-bond donors (Lipinski definition) is 0. The maximum Gasteiger partial charge on any atom is 0.336 e. The largest absolute Gasteiger partial charge is 0.467 e. The Morgan fingerprint density at radius 1 is 1.30 bits per heavy atom. The molecule has 0 bridgehead atoms. The third kappa shape index (κ3) is 5.95. The molecule has 0 N–H and O–H groups in total. The Labute approximate surface area is 134 Å². The second kappa shape index (κ2) is 8.02. The van der Waals surface area contributed by atoms with Crippen molar-refractivity contribution in [1.29, 1.82) is 0 Å². The Hall–Kier alpha value is -2.00. The number of nitrogens with zero attached hydrogens (tertiary/aromatic N) is 1. The molecule has 2 atom stereocenters. The van der Waals surface area contributed by atoms with Gasteiger partial charge in [0.2, 0.25) is 6.54 Å². The highest BCUT2D eigenvalue weighted by Gasteiger charge is 2.31. The molecule has 9 heteroatoms. The molecule has 1 aromatic carbocycles. The number of hydrogen-bond acceptors (Lipinski definition) is 7. The molecule has 0 spiro atoms. The Morgan fingerprint density at radius 3 is 2.35 bits per heavy atom. The van der Waals surface area contributed by atoms with Crippen LogP contribution in [0.15, 0.2) is 29.2 Å². The summed E-state index contributed by atoms with van der Waals surface area (Å²) in [5.41, 5.74) is 0.869. The normalized spacial score (nSPS) is 14.0. The first-order valence-corrected chi connectivity index (χ1v) is 8.26. The lowest BCUT2D eigenvalue weighted by molar-refractivity contribution is -0.487. The lowest BCUT2D eigenvalue weighted by atomic mass is 10.0. The first-order chi connectivity index (χ1) is 10.7. The van der Waals surface area contributed by atoms with E-state index in [0.717, 1.165) is 12.7 Å². The minimum atomic E-state index is -4.18. The minimum Gasteiger partial charge on any atom is -0.467 e. The second-order valence-corrected chi connectivity index (χ2v) is 6.80. The number of nitro groups is 1. The van der Waals surface area contributed by atoms with Crippen molar-refractivity contribution in [3.05, 3.63) is 39.9 Å². The molecule has 0 saturated heterocycles. The lowest BCUT2D eigenvalue weighted by Gasteiger charge is -2.17. The summed E-state index contributed by atoms with van der Waals surface area (Å²) < 4.78 is 33.9. The highest BCUT2D eigenvalue weighted by atomic mass is 32.2. The predicted molar refractivity (Wildman–Crippen MR) is 80.9 cm³/mol. The average molecular weight is 345 g/mol. The summed E-state index contributed by atoms with van der Waals surface area (Å²) >= 11 is 0. The third-order valence-corrected chi connectivity index (χ3v) is 4.43. The predicted octanol–water partition coefficient (Wildman–Crippen LogP) is 1.54. The molecule has 1 aromatic rings. The zero-order chi connectivity index (χ0) is 17.6. The number of aryl methyl sites for hydroxylation is 1. The fourth-order valence-corrected chi connectivity index (χ4v) is 2.96. The van der Waals surface area contributed by atoms with E-state index in [4.69, 9.17) is 4.18 Å². The topological polar surface area (TPSA) is 113 Å². The Morgan fingerprint density at radius 2 is 1.87 bits per heavy atom. The van der Waals surface area contributed by atoms with Gasteiger partial charge in [-0.3, -0.25) is 14.3 Å². The molecule has 0 aromatic heterocycles. The Bertz CT molecular complexity index is 654. The van der Waals surface area contributed by atoms with Gasteiger partial charge >= 0.3 is 5.97 Å². The van der Waals surface area contributed by atoms with Crippen LogP contribution in [0.3, 0.4) is 0 Å². The van der Waals surface area contributed by atoms with Crippen LogP contribution in [0.1, 0.15) is 18.9 Å². The maximum atomic E-state index is 12.2. The fraction of sp³-hybridized carbons (Fsp3) is 0.500. The van der Waals surface area contributed by atoms with E-state index < -0.39 is 39.6 Å². The quantitative estimate of drug-likeness (QED) is 0.304. The minimum absolute atomic E-state index is 0.0982. The van der Waals surface area contributed by atoms with Crippen molar-refractivity contribution in [3.8, 4) is 0 Å². The molecule has 0 heterocycles. The van der Waals surface area contributed by atoms with Gasteiger partial charge < -0.3 is 4.74 Å². The van der Waals surface area contributed by atoms with Crippen LogP contribution >= 0.6 is 0 Å². The van der Waals surface area contributed by atoms with E-state index in [2.05, 4.69) is 4.74 Å². The van der Waals surface area contributed by atoms with Crippen LogP contribution in [0.25, 0.3) is 0 Å². The van der Waals surface area contributed by atoms with E-state index in [1.54, 1.807) is 19.1 Å². The summed E-state index contributed by atoms with van der Waals surface area (Å²) in [6.45, 7) is 2.93. The van der Waals surface area contributed by atoms with E-state index in [1.807, 2.05) is 0 Å². The summed E-state index contributed by atoms with van der Waals surface area (Å²) in [4.78, 5) is 21.6. The molecule has 128 valence electrons. The number of methoxy groups -OCH3 is 1. The molecule has 0 unspecified atom stereocenters. The summed E-state index contributed by atoms with van der Waals surface area (Å²) in [5, 5.41) is 10.5. The standard InChI is InChI=1S/C14H19NO7S/c1-10-4-6-12(7-5-10)23(19,20)22-13(14(16)21-3)8-11(2)9-15(17)18/h4-7,11,13H,8-9H2,1-3H3/t11-,13+/m1/s1. The van der Waals surface area contributed by atoms with Crippen LogP contribution in [0, 0.1) is 23.0 Å². The second-order valence-electron chi connectivity index (χ2n) is 5.23. The molecular formula is C14H19NO7S. The molecule has 23 heavy (non-hydrogen) atoms. The number of carbonyl (C=O) groups is 1. The van der Waals surface area contributed by atoms with E-state index in [-0.39, 0.29) is 11.3 Å². The molecule has 0 aliphatic heterocycles. The molecule has 0 aliphatic rings. The summed E-state index contributed by atoms with van der Waals surface area (Å²) in [7, 11) is -3.08. The van der Waals surface area contributed by atoms with Crippen LogP contribution in [0.2, 0.25) is 0 Å². The van der Waals surface area contributed by atoms with Gasteiger partial charge in [-0.1, -0.05) is 24.6 Å². The van der Waals surface area contributed by atoms with E-state index >= 15 is 0 Å². The van der Waals surface area contributed by atoms with Gasteiger partial charge in [-0.05, 0) is 25.5 Å².